The van der Waals surface area contributed by atoms with Gasteiger partial charge in [0.1, 0.15) is 11.6 Å². The molecular formula is C14H21FN2O. The van der Waals surface area contributed by atoms with E-state index in [-0.39, 0.29) is 5.82 Å². The number of hydrogen-bond acceptors (Lipinski definition) is 3. The molecule has 3 nitrogen and oxygen atoms in total. The van der Waals surface area contributed by atoms with Gasteiger partial charge in [0.25, 0.3) is 0 Å². The van der Waals surface area contributed by atoms with Gasteiger partial charge in [0.05, 0.1) is 7.11 Å². The van der Waals surface area contributed by atoms with E-state index in [1.54, 1.807) is 19.2 Å². The van der Waals surface area contributed by atoms with Crippen LogP contribution in [-0.2, 0) is 6.54 Å². The van der Waals surface area contributed by atoms with Gasteiger partial charge < -0.3 is 10.1 Å². The first-order valence-electron chi connectivity index (χ1n) is 6.42. The molecule has 0 bridgehead atoms. The molecule has 0 amide bonds. The number of nitrogens with one attached hydrogen (secondary N) is 1. The van der Waals surface area contributed by atoms with Crippen LogP contribution >= 0.6 is 0 Å². The van der Waals surface area contributed by atoms with Gasteiger partial charge in [0.15, 0.2) is 0 Å². The summed E-state index contributed by atoms with van der Waals surface area (Å²) in [5, 5.41) is 3.21. The monoisotopic (exact) mass is 252 g/mol. The van der Waals surface area contributed by atoms with E-state index in [1.165, 1.54) is 12.5 Å². The molecule has 0 aromatic heterocycles. The molecule has 2 rings (SSSR count). The molecule has 1 aromatic rings. The smallest absolute Gasteiger partial charge is 0.123 e. The van der Waals surface area contributed by atoms with Gasteiger partial charge in [-0.15, -0.1) is 0 Å². The van der Waals surface area contributed by atoms with Crippen LogP contribution in [0.3, 0.4) is 0 Å². The molecule has 1 unspecified atom stereocenters. The maximum absolute atomic E-state index is 13.3. The van der Waals surface area contributed by atoms with E-state index in [4.69, 9.17) is 4.74 Å². The number of rotatable bonds is 5. The SMILES string of the molecule is CNCC1CCN(Cc2cc(F)ccc2OC)C1. The fraction of sp³-hybridized carbons (Fsp3) is 0.571. The average molecular weight is 252 g/mol. The maximum atomic E-state index is 13.3. The van der Waals surface area contributed by atoms with Crippen molar-refractivity contribution in [1.29, 1.82) is 0 Å². The van der Waals surface area contributed by atoms with Crippen molar-refractivity contribution in [3.05, 3.63) is 29.6 Å². The largest absolute Gasteiger partial charge is 0.496 e. The van der Waals surface area contributed by atoms with E-state index >= 15 is 0 Å². The van der Waals surface area contributed by atoms with Crippen molar-refractivity contribution in [1.82, 2.24) is 10.2 Å². The van der Waals surface area contributed by atoms with Crippen LogP contribution in [0, 0.1) is 11.7 Å². The minimum Gasteiger partial charge on any atom is -0.496 e. The summed E-state index contributed by atoms with van der Waals surface area (Å²) >= 11 is 0. The van der Waals surface area contributed by atoms with Crippen LogP contribution in [0.25, 0.3) is 0 Å². The van der Waals surface area contributed by atoms with Crippen molar-refractivity contribution in [2.24, 2.45) is 5.92 Å². The van der Waals surface area contributed by atoms with Crippen molar-refractivity contribution in [3.63, 3.8) is 0 Å². The van der Waals surface area contributed by atoms with E-state index in [1.807, 2.05) is 7.05 Å². The van der Waals surface area contributed by atoms with Crippen LogP contribution in [0.5, 0.6) is 5.75 Å². The summed E-state index contributed by atoms with van der Waals surface area (Å²) in [4.78, 5) is 2.36. The zero-order chi connectivity index (χ0) is 13.0. The fourth-order valence-electron chi connectivity index (χ4n) is 2.62. The first-order valence-corrected chi connectivity index (χ1v) is 6.42. The number of nitrogens with zero attached hydrogens (tertiary/aromatic N) is 1. The van der Waals surface area contributed by atoms with E-state index in [9.17, 15) is 4.39 Å². The topological polar surface area (TPSA) is 24.5 Å². The molecule has 0 aliphatic carbocycles. The highest BCUT2D eigenvalue weighted by molar-refractivity contribution is 5.33. The van der Waals surface area contributed by atoms with E-state index in [0.29, 0.717) is 5.92 Å². The van der Waals surface area contributed by atoms with Gasteiger partial charge in [-0.3, -0.25) is 4.90 Å². The number of benzene rings is 1. The zero-order valence-electron chi connectivity index (χ0n) is 11.1. The first kappa shape index (κ1) is 13.3. The standard InChI is InChI=1S/C14H21FN2O/c1-16-8-11-5-6-17(9-11)10-12-7-13(15)3-4-14(12)18-2/h3-4,7,11,16H,5-6,8-10H2,1-2H3. The molecular weight excluding hydrogens is 231 g/mol. The Balaban J connectivity index is 1.99. The van der Waals surface area contributed by atoms with Gasteiger partial charge >= 0.3 is 0 Å². The summed E-state index contributed by atoms with van der Waals surface area (Å²) in [5.74, 6) is 1.28. The third-order valence-electron chi connectivity index (χ3n) is 3.50. The highest BCUT2D eigenvalue weighted by atomic mass is 19.1. The zero-order valence-corrected chi connectivity index (χ0v) is 11.1. The van der Waals surface area contributed by atoms with Crippen LogP contribution in [0.15, 0.2) is 18.2 Å². The highest BCUT2D eigenvalue weighted by Crippen LogP contribution is 2.24. The van der Waals surface area contributed by atoms with Crippen LogP contribution in [0.2, 0.25) is 0 Å². The summed E-state index contributed by atoms with van der Waals surface area (Å²) < 4.78 is 18.6. The maximum Gasteiger partial charge on any atom is 0.123 e. The molecule has 1 N–H and O–H groups in total. The second kappa shape index (κ2) is 6.16. The van der Waals surface area contributed by atoms with Gasteiger partial charge in [-0.1, -0.05) is 0 Å². The summed E-state index contributed by atoms with van der Waals surface area (Å²) in [6, 6.07) is 4.71. The lowest BCUT2D eigenvalue weighted by Crippen LogP contribution is -2.24. The Morgan fingerprint density at radius 2 is 2.33 bits per heavy atom. The lowest BCUT2D eigenvalue weighted by atomic mass is 10.1. The predicted molar refractivity (Wildman–Crippen MR) is 70.3 cm³/mol. The molecule has 1 heterocycles. The van der Waals surface area contributed by atoms with Gasteiger partial charge in [0, 0.05) is 18.7 Å². The third-order valence-corrected chi connectivity index (χ3v) is 3.50. The Bertz CT molecular complexity index is 397. The fourth-order valence-corrected chi connectivity index (χ4v) is 2.62. The number of ether oxygens (including phenoxy) is 1. The lowest BCUT2D eigenvalue weighted by Gasteiger charge is -2.18. The molecule has 0 saturated carbocycles. The van der Waals surface area contributed by atoms with Crippen LogP contribution in [0.4, 0.5) is 4.39 Å². The Kier molecular flexibility index (Phi) is 4.55. The second-order valence-corrected chi connectivity index (χ2v) is 4.90. The van der Waals surface area contributed by atoms with Crippen molar-refractivity contribution in [2.45, 2.75) is 13.0 Å². The van der Waals surface area contributed by atoms with Gasteiger partial charge in [-0.05, 0) is 50.7 Å². The molecule has 4 heteroatoms. The third kappa shape index (κ3) is 3.21. The molecule has 0 spiro atoms. The van der Waals surface area contributed by atoms with E-state index in [0.717, 1.165) is 37.5 Å². The van der Waals surface area contributed by atoms with Crippen LogP contribution in [-0.4, -0.2) is 38.7 Å². The van der Waals surface area contributed by atoms with Gasteiger partial charge in [-0.25, -0.2) is 4.39 Å². The molecule has 0 radical (unpaired) electrons. The van der Waals surface area contributed by atoms with E-state index in [2.05, 4.69) is 10.2 Å². The molecule has 1 atom stereocenters. The number of likely N-dealkylation sites (tertiary alicyclic amines) is 1. The molecule has 1 saturated heterocycles. The molecule has 1 fully saturated rings. The minimum atomic E-state index is -0.197. The van der Waals surface area contributed by atoms with Crippen molar-refractivity contribution >= 4 is 0 Å². The average Bonchev–Trinajstić information content (AvgIpc) is 2.77. The number of halogens is 1. The van der Waals surface area contributed by atoms with Crippen LogP contribution < -0.4 is 10.1 Å². The van der Waals surface area contributed by atoms with Crippen molar-refractivity contribution in [3.8, 4) is 5.75 Å². The Labute approximate surface area is 108 Å². The minimum absolute atomic E-state index is 0.197. The highest BCUT2D eigenvalue weighted by Gasteiger charge is 2.22. The number of methoxy groups -OCH3 is 1. The summed E-state index contributed by atoms with van der Waals surface area (Å²) in [7, 11) is 3.61. The summed E-state index contributed by atoms with van der Waals surface area (Å²) in [5.41, 5.74) is 0.933. The quantitative estimate of drug-likeness (QED) is 0.866. The van der Waals surface area contributed by atoms with Gasteiger partial charge in [0.2, 0.25) is 0 Å². The number of hydrogen-bond donors (Lipinski definition) is 1. The molecule has 18 heavy (non-hydrogen) atoms. The predicted octanol–water partition coefficient (Wildman–Crippen LogP) is 1.88. The lowest BCUT2D eigenvalue weighted by molar-refractivity contribution is 0.306. The summed E-state index contributed by atoms with van der Waals surface area (Å²) in [6.07, 6.45) is 1.21. The molecule has 100 valence electrons. The molecule has 1 aliphatic rings. The van der Waals surface area contributed by atoms with Crippen LogP contribution in [0.1, 0.15) is 12.0 Å². The molecule has 1 aliphatic heterocycles. The first-order chi connectivity index (χ1) is 8.72. The normalized spacial score (nSPS) is 20.3. The second-order valence-electron chi connectivity index (χ2n) is 4.90. The van der Waals surface area contributed by atoms with E-state index < -0.39 is 0 Å². The van der Waals surface area contributed by atoms with Crippen molar-refractivity contribution < 1.29 is 9.13 Å². The van der Waals surface area contributed by atoms with Gasteiger partial charge in [-0.2, -0.15) is 0 Å². The Morgan fingerprint density at radius 3 is 3.06 bits per heavy atom. The Morgan fingerprint density at radius 1 is 1.50 bits per heavy atom. The Hall–Kier alpha value is -1.13. The van der Waals surface area contributed by atoms with Crippen molar-refractivity contribution in [2.75, 3.05) is 33.8 Å². The molecule has 1 aromatic carbocycles. The summed E-state index contributed by atoms with van der Waals surface area (Å²) in [6.45, 7) is 3.96.